The van der Waals surface area contributed by atoms with Gasteiger partial charge in [0.15, 0.2) is 0 Å². The number of hydrogen-bond acceptors (Lipinski definition) is 6. The van der Waals surface area contributed by atoms with Crippen molar-refractivity contribution < 1.29 is 24.0 Å². The topological polar surface area (TPSA) is 137 Å². The summed E-state index contributed by atoms with van der Waals surface area (Å²) in [6.07, 6.45) is 1.28. The van der Waals surface area contributed by atoms with Gasteiger partial charge in [0.2, 0.25) is 23.5 Å². The molecule has 240 valence electrons. The summed E-state index contributed by atoms with van der Waals surface area (Å²) in [5, 5.41) is 11.2. The van der Waals surface area contributed by atoms with Crippen molar-refractivity contribution in [1.29, 1.82) is 0 Å². The molecule has 2 unspecified atom stereocenters. The molecule has 2 aromatic carbocycles. The Balaban J connectivity index is 1.97. The third-order valence-corrected chi connectivity index (χ3v) is 7.05. The molecule has 0 saturated heterocycles. The normalized spacial score (nSPS) is 12.3. The zero-order chi connectivity index (χ0) is 32.5. The SMILES string of the molecule is CC(C)CCN(C(=O)CNCCC(=O)NCc1ccccc1)C(CC(C)C)C(=O)NC(C)C(=O)C(=O)NCc1ccccc1. The fraction of sp³-hybridized carbons (Fsp3) is 0.500. The smallest absolute Gasteiger partial charge is 0.289 e. The molecule has 0 aliphatic rings. The van der Waals surface area contributed by atoms with E-state index in [1.54, 1.807) is 4.90 Å². The third kappa shape index (κ3) is 13.5. The van der Waals surface area contributed by atoms with E-state index < -0.39 is 29.7 Å². The molecular weight excluding hydrogens is 558 g/mol. The second-order valence-electron chi connectivity index (χ2n) is 11.9. The van der Waals surface area contributed by atoms with Crippen LogP contribution in [0.25, 0.3) is 0 Å². The van der Waals surface area contributed by atoms with Gasteiger partial charge in [-0.1, -0.05) is 88.4 Å². The van der Waals surface area contributed by atoms with Crippen LogP contribution in [0, 0.1) is 11.8 Å². The van der Waals surface area contributed by atoms with Gasteiger partial charge in [-0.25, -0.2) is 0 Å². The van der Waals surface area contributed by atoms with Crippen molar-refractivity contribution in [2.45, 2.75) is 79.1 Å². The Labute approximate surface area is 261 Å². The van der Waals surface area contributed by atoms with E-state index in [1.165, 1.54) is 6.92 Å². The number of carbonyl (C=O) groups is 5. The molecule has 0 fully saturated rings. The van der Waals surface area contributed by atoms with Crippen LogP contribution in [0.4, 0.5) is 0 Å². The number of carbonyl (C=O) groups excluding carboxylic acids is 5. The lowest BCUT2D eigenvalue weighted by Crippen LogP contribution is -2.56. The summed E-state index contributed by atoms with van der Waals surface area (Å²) in [6, 6.07) is 16.9. The first-order chi connectivity index (χ1) is 21.0. The van der Waals surface area contributed by atoms with Crippen LogP contribution in [0.3, 0.4) is 0 Å². The predicted molar refractivity (Wildman–Crippen MR) is 171 cm³/mol. The molecule has 2 atom stereocenters. The van der Waals surface area contributed by atoms with Crippen molar-refractivity contribution in [3.63, 3.8) is 0 Å². The number of nitrogens with zero attached hydrogens (tertiary/aromatic N) is 1. The Kier molecular flexibility index (Phi) is 15.8. The number of benzene rings is 2. The lowest BCUT2D eigenvalue weighted by molar-refractivity contribution is -0.143. The molecule has 0 spiro atoms. The zero-order valence-corrected chi connectivity index (χ0v) is 26.7. The average molecular weight is 608 g/mol. The van der Waals surface area contributed by atoms with E-state index in [9.17, 15) is 24.0 Å². The summed E-state index contributed by atoms with van der Waals surface area (Å²) in [5.74, 6) is -2.04. The van der Waals surface area contributed by atoms with Crippen LogP contribution in [0.1, 0.15) is 65.0 Å². The predicted octanol–water partition coefficient (Wildman–Crippen LogP) is 2.96. The summed E-state index contributed by atoms with van der Waals surface area (Å²) in [6.45, 7) is 10.7. The highest BCUT2D eigenvalue weighted by Crippen LogP contribution is 2.15. The molecule has 0 saturated carbocycles. The quantitative estimate of drug-likeness (QED) is 0.143. The minimum atomic E-state index is -1.07. The van der Waals surface area contributed by atoms with Crippen molar-refractivity contribution in [2.75, 3.05) is 19.6 Å². The molecule has 0 aliphatic heterocycles. The van der Waals surface area contributed by atoms with Gasteiger partial charge in [0.1, 0.15) is 6.04 Å². The number of Topliss-reactive ketones (excluding diaryl/α,β-unsaturated/α-hetero) is 1. The second kappa shape index (κ2) is 19.3. The molecule has 44 heavy (non-hydrogen) atoms. The van der Waals surface area contributed by atoms with Crippen LogP contribution >= 0.6 is 0 Å². The molecule has 0 bridgehead atoms. The first-order valence-corrected chi connectivity index (χ1v) is 15.4. The summed E-state index contributed by atoms with van der Waals surface area (Å²) in [7, 11) is 0. The van der Waals surface area contributed by atoms with E-state index in [1.807, 2.05) is 88.4 Å². The molecule has 2 aromatic rings. The maximum atomic E-state index is 13.5. The Morgan fingerprint density at radius 2 is 1.32 bits per heavy atom. The molecule has 10 heteroatoms. The van der Waals surface area contributed by atoms with Crippen LogP contribution < -0.4 is 21.3 Å². The first-order valence-electron chi connectivity index (χ1n) is 15.4. The summed E-state index contributed by atoms with van der Waals surface area (Å²) in [5.41, 5.74) is 1.85. The van der Waals surface area contributed by atoms with Crippen molar-refractivity contribution >= 4 is 29.4 Å². The summed E-state index contributed by atoms with van der Waals surface area (Å²) in [4.78, 5) is 66.1. The number of amides is 4. The number of nitrogens with one attached hydrogen (secondary N) is 4. The van der Waals surface area contributed by atoms with Crippen LogP contribution in [-0.2, 0) is 37.1 Å². The van der Waals surface area contributed by atoms with Gasteiger partial charge in [0.25, 0.3) is 5.91 Å². The molecule has 4 amide bonds. The lowest BCUT2D eigenvalue weighted by atomic mass is 9.99. The molecule has 0 heterocycles. The fourth-order valence-corrected chi connectivity index (χ4v) is 4.49. The van der Waals surface area contributed by atoms with E-state index in [0.717, 1.165) is 11.1 Å². The Hall–Kier alpha value is -4.05. The van der Waals surface area contributed by atoms with Crippen LogP contribution in [-0.4, -0.2) is 66.0 Å². The van der Waals surface area contributed by atoms with E-state index >= 15 is 0 Å². The van der Waals surface area contributed by atoms with E-state index in [2.05, 4.69) is 21.3 Å². The highest BCUT2D eigenvalue weighted by molar-refractivity contribution is 6.38. The van der Waals surface area contributed by atoms with Gasteiger partial charge < -0.3 is 26.2 Å². The van der Waals surface area contributed by atoms with Crippen molar-refractivity contribution in [2.24, 2.45) is 11.8 Å². The summed E-state index contributed by atoms with van der Waals surface area (Å²) < 4.78 is 0. The van der Waals surface area contributed by atoms with Gasteiger partial charge in [0, 0.05) is 32.6 Å². The number of rotatable bonds is 19. The lowest BCUT2D eigenvalue weighted by Gasteiger charge is -2.33. The van der Waals surface area contributed by atoms with Gasteiger partial charge in [-0.3, -0.25) is 24.0 Å². The maximum Gasteiger partial charge on any atom is 0.289 e. The maximum absolute atomic E-state index is 13.5. The standard InChI is InChI=1S/C34H49N5O5/c1-24(2)17-19-39(31(41)23-35-18-16-30(40)36-21-27-12-8-6-9-13-27)29(20-25(3)4)33(43)38-26(5)32(42)34(44)37-22-28-14-10-7-11-15-28/h6-15,24-26,29,35H,16-23H2,1-5H3,(H,36,40)(H,37,44)(H,38,43). The van der Waals surface area contributed by atoms with Crippen LogP contribution in [0.15, 0.2) is 60.7 Å². The number of hydrogen-bond donors (Lipinski definition) is 4. The van der Waals surface area contributed by atoms with Gasteiger partial charge in [0.05, 0.1) is 12.6 Å². The van der Waals surface area contributed by atoms with Crippen molar-refractivity contribution in [1.82, 2.24) is 26.2 Å². The molecular formula is C34H49N5O5. The summed E-state index contributed by atoms with van der Waals surface area (Å²) >= 11 is 0. The van der Waals surface area contributed by atoms with E-state index in [4.69, 9.17) is 0 Å². The molecule has 10 nitrogen and oxygen atoms in total. The molecule has 0 aromatic heterocycles. The highest BCUT2D eigenvalue weighted by Gasteiger charge is 2.33. The van der Waals surface area contributed by atoms with E-state index in [0.29, 0.717) is 38.4 Å². The monoisotopic (exact) mass is 607 g/mol. The molecule has 2 rings (SSSR count). The third-order valence-electron chi connectivity index (χ3n) is 7.05. The average Bonchev–Trinajstić information content (AvgIpc) is 3.00. The first kappa shape index (κ1) is 36.1. The fourth-order valence-electron chi connectivity index (χ4n) is 4.49. The van der Waals surface area contributed by atoms with Gasteiger partial charge in [-0.15, -0.1) is 0 Å². The second-order valence-corrected chi connectivity index (χ2v) is 11.9. The molecule has 4 N–H and O–H groups in total. The minimum Gasteiger partial charge on any atom is -0.352 e. The van der Waals surface area contributed by atoms with Gasteiger partial charge in [-0.05, 0) is 42.7 Å². The Morgan fingerprint density at radius 3 is 1.86 bits per heavy atom. The van der Waals surface area contributed by atoms with Gasteiger partial charge in [-0.2, -0.15) is 0 Å². The molecule has 0 radical (unpaired) electrons. The molecule has 0 aliphatic carbocycles. The highest BCUT2D eigenvalue weighted by atomic mass is 16.2. The van der Waals surface area contributed by atoms with Crippen molar-refractivity contribution in [3.8, 4) is 0 Å². The van der Waals surface area contributed by atoms with Crippen LogP contribution in [0.2, 0.25) is 0 Å². The van der Waals surface area contributed by atoms with Crippen molar-refractivity contribution in [3.05, 3.63) is 71.8 Å². The Bertz CT molecular complexity index is 1200. The van der Waals surface area contributed by atoms with Crippen LogP contribution in [0.5, 0.6) is 0 Å². The Morgan fingerprint density at radius 1 is 0.750 bits per heavy atom. The van der Waals surface area contributed by atoms with Gasteiger partial charge >= 0.3 is 0 Å². The number of ketones is 1. The van der Waals surface area contributed by atoms with E-state index in [-0.39, 0.29) is 37.2 Å². The minimum absolute atomic E-state index is 0.0394. The zero-order valence-electron chi connectivity index (χ0n) is 26.7. The largest absolute Gasteiger partial charge is 0.352 e.